The summed E-state index contributed by atoms with van der Waals surface area (Å²) in [5.74, 6) is -0.0179. The molecule has 3 rings (SSSR count). The molecule has 11 heteroatoms. The number of nitrogen functional groups attached to an aromatic ring is 1. The molecular weight excluding hydrogens is 371 g/mol. The van der Waals surface area contributed by atoms with Crippen molar-refractivity contribution in [3.05, 3.63) is 12.7 Å². The molecule has 0 aliphatic heterocycles. The van der Waals surface area contributed by atoms with Crippen molar-refractivity contribution in [3.63, 3.8) is 0 Å². The van der Waals surface area contributed by atoms with Gasteiger partial charge in [-0.05, 0) is 33.6 Å². The largest absolute Gasteiger partial charge is 0.462 e. The zero-order valence-electron chi connectivity index (χ0n) is 15.6. The summed E-state index contributed by atoms with van der Waals surface area (Å²) < 4.78 is 25.1. The lowest BCUT2D eigenvalue weighted by Crippen LogP contribution is -2.38. The van der Waals surface area contributed by atoms with Crippen molar-refractivity contribution in [1.29, 1.82) is 0 Å². The van der Waals surface area contributed by atoms with Crippen molar-refractivity contribution >= 4 is 30.9 Å². The number of aromatic nitrogens is 4. The lowest BCUT2D eigenvalue weighted by atomic mass is 10.3. The molecule has 2 aromatic rings. The van der Waals surface area contributed by atoms with Gasteiger partial charge in [0.15, 0.2) is 19.4 Å². The third-order valence-corrected chi connectivity index (χ3v) is 5.43. The van der Waals surface area contributed by atoms with Crippen molar-refractivity contribution in [2.24, 2.45) is 0 Å². The lowest BCUT2D eigenvalue weighted by molar-refractivity contribution is -0.150. The smallest absolute Gasteiger partial charge is 0.326 e. The van der Waals surface area contributed by atoms with E-state index in [1.807, 2.05) is 11.5 Å². The molecule has 0 saturated heterocycles. The summed E-state index contributed by atoms with van der Waals surface area (Å²) in [5, 5.41) is 2.91. The molecule has 2 heterocycles. The summed E-state index contributed by atoms with van der Waals surface area (Å²) in [7, 11) is -2.28. The summed E-state index contributed by atoms with van der Waals surface area (Å²) in [6, 6.07) is 0. The monoisotopic (exact) mass is 396 g/mol. The molecule has 3 N–H and O–H groups in total. The van der Waals surface area contributed by atoms with Crippen LogP contribution in [0.5, 0.6) is 0 Å². The van der Waals surface area contributed by atoms with E-state index in [9.17, 15) is 9.36 Å². The average Bonchev–Trinajstić information content (AvgIpc) is 3.27. The van der Waals surface area contributed by atoms with Crippen LogP contribution in [-0.4, -0.2) is 49.6 Å². The van der Waals surface area contributed by atoms with E-state index in [1.54, 1.807) is 20.2 Å². The van der Waals surface area contributed by atoms with Crippen LogP contribution in [0.2, 0.25) is 0 Å². The molecule has 2 aromatic heterocycles. The zero-order chi connectivity index (χ0) is 19.6. The Balaban J connectivity index is 1.50. The Morgan fingerprint density at radius 3 is 2.78 bits per heavy atom. The molecular formula is C16H25N6O4P. The van der Waals surface area contributed by atoms with Crippen LogP contribution in [0.3, 0.4) is 0 Å². The van der Waals surface area contributed by atoms with Gasteiger partial charge in [-0.3, -0.25) is 9.88 Å². The number of carbonyl (C=O) groups is 1. The molecule has 1 saturated carbocycles. The van der Waals surface area contributed by atoms with Gasteiger partial charge in [0.2, 0.25) is 0 Å². The second-order valence-corrected chi connectivity index (χ2v) is 8.42. The first kappa shape index (κ1) is 19.7. The molecule has 2 atom stereocenters. The predicted molar refractivity (Wildman–Crippen MR) is 100 cm³/mol. The molecule has 0 amide bonds. The van der Waals surface area contributed by atoms with E-state index in [2.05, 4.69) is 20.0 Å². The second-order valence-electron chi connectivity index (χ2n) is 7.03. The highest BCUT2D eigenvalue weighted by Gasteiger charge is 2.52. The number of esters is 1. The Morgan fingerprint density at radius 1 is 1.37 bits per heavy atom. The third kappa shape index (κ3) is 4.63. The normalized spacial score (nSPS) is 17.8. The van der Waals surface area contributed by atoms with Crippen molar-refractivity contribution in [3.8, 4) is 0 Å². The van der Waals surface area contributed by atoms with Gasteiger partial charge in [-0.1, -0.05) is 0 Å². The summed E-state index contributed by atoms with van der Waals surface area (Å²) >= 11 is 0. The van der Waals surface area contributed by atoms with Crippen LogP contribution in [0, 0.1) is 0 Å². The molecule has 1 aliphatic rings. The van der Waals surface area contributed by atoms with E-state index >= 15 is 0 Å². The van der Waals surface area contributed by atoms with Crippen LogP contribution in [0.15, 0.2) is 12.7 Å². The summed E-state index contributed by atoms with van der Waals surface area (Å²) in [4.78, 5) is 24.4. The van der Waals surface area contributed by atoms with Gasteiger partial charge in [0.05, 0.1) is 25.1 Å². The molecule has 0 radical (unpaired) electrons. The highest BCUT2D eigenvalue weighted by atomic mass is 31.1. The van der Waals surface area contributed by atoms with Gasteiger partial charge >= 0.3 is 5.97 Å². The number of nitrogens with zero attached hydrogens (tertiary/aromatic N) is 4. The number of fused-ring (bicyclic) bond motifs is 1. The number of imidazole rings is 1. The molecule has 1 unspecified atom stereocenters. The molecule has 0 bridgehead atoms. The van der Waals surface area contributed by atoms with Gasteiger partial charge in [0.25, 0.3) is 0 Å². The van der Waals surface area contributed by atoms with Gasteiger partial charge in [0, 0.05) is 0 Å². The third-order valence-electron chi connectivity index (χ3n) is 4.24. The number of hydrogen-bond donors (Lipinski definition) is 2. The van der Waals surface area contributed by atoms with Gasteiger partial charge in [-0.2, -0.15) is 0 Å². The van der Waals surface area contributed by atoms with Crippen LogP contribution in [0.1, 0.15) is 33.6 Å². The first-order valence-corrected chi connectivity index (χ1v) is 10.5. The highest BCUT2D eigenvalue weighted by molar-refractivity contribution is 7.42. The highest BCUT2D eigenvalue weighted by Crippen LogP contribution is 2.41. The number of nitrogens with two attached hydrogens (primary N) is 1. The number of anilines is 1. The Hall–Kier alpha value is -2.03. The first-order chi connectivity index (χ1) is 12.8. The predicted octanol–water partition coefficient (Wildman–Crippen LogP) is 1.32. The molecule has 0 aromatic carbocycles. The molecule has 10 nitrogen and oxygen atoms in total. The van der Waals surface area contributed by atoms with Crippen LogP contribution >= 0.6 is 7.95 Å². The second kappa shape index (κ2) is 7.92. The summed E-state index contributed by atoms with van der Waals surface area (Å²) in [6.07, 6.45) is 3.88. The fourth-order valence-electron chi connectivity index (χ4n) is 2.72. The number of rotatable bonds is 9. The van der Waals surface area contributed by atoms with Crippen LogP contribution in [-0.2, 0) is 25.4 Å². The van der Waals surface area contributed by atoms with E-state index in [-0.39, 0.29) is 24.5 Å². The van der Waals surface area contributed by atoms with Crippen molar-refractivity contribution < 1.29 is 18.8 Å². The van der Waals surface area contributed by atoms with Gasteiger partial charge in [0.1, 0.15) is 23.7 Å². The SMILES string of the molecule is CC(C)OC(=O)C1(N[PH](=O)CO[C@H](C)Cn2cnc3c(N)ncnc32)CC1. The van der Waals surface area contributed by atoms with Crippen molar-refractivity contribution in [2.75, 3.05) is 12.1 Å². The van der Waals surface area contributed by atoms with E-state index in [0.29, 0.717) is 36.4 Å². The van der Waals surface area contributed by atoms with Crippen LogP contribution in [0.4, 0.5) is 5.82 Å². The molecule has 0 spiro atoms. The standard InChI is InChI=1S/C16H25N6O4P/c1-10(2)26-15(23)16(4-5-16)21-27(24)9-25-11(3)6-22-8-20-12-13(17)18-7-19-14(12)22/h7-8,10-11,27H,4-6,9H2,1-3H3,(H,21,24)(H2,17,18,19)/t11-/m1/s1. The minimum absolute atomic E-state index is 0.0340. The van der Waals surface area contributed by atoms with Crippen molar-refractivity contribution in [1.82, 2.24) is 24.6 Å². The Kier molecular flexibility index (Phi) is 5.78. The Bertz CT molecular complexity index is 851. The summed E-state index contributed by atoms with van der Waals surface area (Å²) in [5.41, 5.74) is 6.14. The average molecular weight is 396 g/mol. The number of ether oxygens (including phenoxy) is 2. The van der Waals surface area contributed by atoms with Crippen LogP contribution < -0.4 is 10.8 Å². The molecule has 148 valence electrons. The number of carbonyl (C=O) groups excluding carboxylic acids is 1. The minimum atomic E-state index is -2.28. The Morgan fingerprint density at radius 2 is 2.11 bits per heavy atom. The Labute approximate surface area is 157 Å². The first-order valence-electron chi connectivity index (χ1n) is 8.86. The maximum atomic E-state index is 12.3. The van der Waals surface area contributed by atoms with Gasteiger partial charge in [-0.15, -0.1) is 0 Å². The quantitative estimate of drug-likeness (QED) is 0.475. The lowest BCUT2D eigenvalue weighted by Gasteiger charge is -2.19. The maximum absolute atomic E-state index is 12.3. The zero-order valence-corrected chi connectivity index (χ0v) is 16.6. The maximum Gasteiger partial charge on any atom is 0.326 e. The molecule has 1 aliphatic carbocycles. The number of hydrogen-bond acceptors (Lipinski definition) is 8. The minimum Gasteiger partial charge on any atom is -0.462 e. The van der Waals surface area contributed by atoms with E-state index in [4.69, 9.17) is 15.2 Å². The fraction of sp³-hybridized carbons (Fsp3) is 0.625. The van der Waals surface area contributed by atoms with Gasteiger partial charge < -0.3 is 24.3 Å². The van der Waals surface area contributed by atoms with E-state index < -0.39 is 13.5 Å². The molecule has 1 fully saturated rings. The van der Waals surface area contributed by atoms with E-state index in [1.165, 1.54) is 6.33 Å². The molecule has 27 heavy (non-hydrogen) atoms. The van der Waals surface area contributed by atoms with Crippen LogP contribution in [0.25, 0.3) is 11.2 Å². The van der Waals surface area contributed by atoms with Gasteiger partial charge in [-0.25, -0.2) is 15.0 Å². The fourth-order valence-corrected chi connectivity index (χ4v) is 4.11. The number of nitrogens with one attached hydrogen (secondary N) is 1. The summed E-state index contributed by atoms with van der Waals surface area (Å²) in [6.45, 7) is 5.93. The van der Waals surface area contributed by atoms with E-state index in [0.717, 1.165) is 0 Å². The van der Waals surface area contributed by atoms with Crippen molar-refractivity contribution in [2.45, 2.75) is 57.9 Å². The topological polar surface area (TPSA) is 134 Å².